The minimum atomic E-state index is -5.12. The molecule has 19 rings (SSSR count). The second kappa shape index (κ2) is 45.7. The van der Waals surface area contributed by atoms with Crippen LogP contribution in [0.25, 0.3) is 68.6 Å². The third-order valence-corrected chi connectivity index (χ3v) is 37.8. The van der Waals surface area contributed by atoms with Crippen LogP contribution in [0.4, 0.5) is 65.9 Å². The fourth-order valence-corrected chi connectivity index (χ4v) is 27.9. The van der Waals surface area contributed by atoms with Crippen LogP contribution in [0.15, 0.2) is 162 Å². The molecule has 5 saturated heterocycles. The lowest BCUT2D eigenvalue weighted by atomic mass is 9.89. The minimum Gasteiger partial charge on any atom is -0.339 e. The molecule has 3 aliphatic carbocycles. The van der Waals surface area contributed by atoms with Gasteiger partial charge < -0.3 is 22.6 Å². The first-order chi connectivity index (χ1) is 70.5. The molecule has 0 amide bonds. The monoisotopic (exact) mass is 2210 g/mol. The Kier molecular flexibility index (Phi) is 34.6. The highest BCUT2D eigenvalue weighted by Gasteiger charge is 2.48. The van der Waals surface area contributed by atoms with E-state index in [4.69, 9.17) is 22.6 Å². The van der Waals surface area contributed by atoms with Crippen molar-refractivity contribution >= 4 is 50.1 Å². The van der Waals surface area contributed by atoms with Crippen molar-refractivity contribution in [1.82, 2.24) is 72.2 Å². The van der Waals surface area contributed by atoms with Gasteiger partial charge in [0.05, 0.1) is 41.2 Å². The fraction of sp³-hybridized carbons (Fsp3) is 0.540. The minimum absolute atomic E-state index is 0.0217. The van der Waals surface area contributed by atoms with Crippen molar-refractivity contribution in [3.05, 3.63) is 172 Å². The highest BCUT2D eigenvalue weighted by Crippen LogP contribution is 2.47. The van der Waals surface area contributed by atoms with Gasteiger partial charge in [0, 0.05) is 161 Å². The molecule has 0 unspecified atom stereocenters. The van der Waals surface area contributed by atoms with Gasteiger partial charge in [-0.1, -0.05) is 167 Å². The molecule has 10 heterocycles. The second-order valence-corrected chi connectivity index (χ2v) is 49.7. The molecule has 816 valence electrons. The number of rotatable bonds is 20. The van der Waals surface area contributed by atoms with Crippen LogP contribution >= 0.6 is 0 Å². The molecule has 50 heteroatoms. The quantitative estimate of drug-likeness (QED) is 0.0639. The summed E-state index contributed by atoms with van der Waals surface area (Å²) in [5.41, 5.74) is -1.12. The van der Waals surface area contributed by atoms with Crippen molar-refractivity contribution in [3.8, 4) is 68.6 Å². The Bertz CT molecular complexity index is 7160. The van der Waals surface area contributed by atoms with Crippen molar-refractivity contribution in [1.29, 1.82) is 0 Å². The van der Waals surface area contributed by atoms with E-state index in [1.165, 1.54) is 50.7 Å². The van der Waals surface area contributed by atoms with Gasteiger partial charge in [-0.05, 0) is 173 Å². The van der Waals surface area contributed by atoms with E-state index in [2.05, 4.69) is 50.7 Å². The number of alkyl halides is 15. The van der Waals surface area contributed by atoms with E-state index in [1.807, 2.05) is 72.7 Å². The summed E-state index contributed by atoms with van der Waals surface area (Å²) < 4.78 is 365. The molecule has 5 aliphatic heterocycles. The van der Waals surface area contributed by atoms with Gasteiger partial charge in [-0.3, -0.25) is 0 Å². The lowest BCUT2D eigenvalue weighted by Gasteiger charge is -2.31. The summed E-state index contributed by atoms with van der Waals surface area (Å²) in [5.74, 6) is -5.92. The summed E-state index contributed by atoms with van der Waals surface area (Å²) in [5, 5.41) is 19.7. The molecule has 30 nitrogen and oxygen atoms in total. The Morgan fingerprint density at radius 3 is 1.05 bits per heavy atom. The molecule has 3 saturated carbocycles. The number of aromatic nitrogens is 10. The summed E-state index contributed by atoms with van der Waals surface area (Å²) in [4.78, 5) is 20.2. The average Bonchev–Trinajstić information content (AvgIpc) is 0.849. The normalized spacial score (nSPS) is 19.2. The van der Waals surface area contributed by atoms with Crippen LogP contribution in [0.3, 0.4) is 0 Å². The maximum absolute atomic E-state index is 13.6. The van der Waals surface area contributed by atoms with Gasteiger partial charge in [0.1, 0.15) is 0 Å². The standard InChI is InChI=1S/C21H15F8N3O3S.C20H22F5N3O3S.C20H27F2N3O3S.C20H27N3O3S.C19H25N3O3S/c22-19(23)7-9-32(10-8-19)36(33,34)16-11-12(5-6-15(16)21(27,28)29)18-30-17(31-35-18)13-3-1-2-4-14(13)20(24,25)26;21-19(22)8-10-28(11-9-19)32(29,30)16-12-14(6-7-15(16)20(23,24)25)18-26-17(27-31-18)13-4-2-1-3-5-13;1-13(2)15-7-6-14(17-23-18(24-28-17)19(3,4)5)12-16(15)29(26,27)25-10-8-20(21,22)9-11-25;1-15-10-11-17(14-18(15)27(24,25)23-12-6-3-7-13-23)20-21-19(22-26-20)16-8-4-2-5-9-16;1-14-9-10-16(13-17(14)26(23,24)22-11-5-6-12-22)18-20-19(25-21-18)15-7-3-2-4-8-15/h1-6,11H,7-10H2;6-7,12-13H,1-5,8-11H2;6-7,12-13H,8-11H2,1-5H3;10-11,14,16H,2-9,12-13H2,1H3;9-10,13,15H,2-8,11-12H2,1H3. The Balaban J connectivity index is 0.000000141. The lowest BCUT2D eigenvalue weighted by molar-refractivity contribution is -0.140. The molecule has 6 aromatic carbocycles. The summed E-state index contributed by atoms with van der Waals surface area (Å²) >= 11 is 0. The molecule has 0 bridgehead atoms. The molecular formula is C100H116F15N15O15S5. The molecule has 5 aromatic heterocycles. The predicted molar refractivity (Wildman–Crippen MR) is 518 cm³/mol. The number of piperidine rings is 4. The number of sulfonamides is 5. The topological polar surface area (TPSA) is 381 Å². The average molecular weight is 2210 g/mol. The summed E-state index contributed by atoms with van der Waals surface area (Å²) in [6.07, 6.45) is 2.43. The number of aryl methyl sites for hydroxylation is 2. The van der Waals surface area contributed by atoms with E-state index in [0.29, 0.717) is 126 Å². The first kappa shape index (κ1) is 114. The number of hydrogen-bond acceptors (Lipinski definition) is 25. The van der Waals surface area contributed by atoms with Crippen molar-refractivity contribution in [2.45, 2.75) is 305 Å². The van der Waals surface area contributed by atoms with E-state index in [1.54, 1.807) is 32.9 Å². The third-order valence-electron chi connectivity index (χ3n) is 27.9. The lowest BCUT2D eigenvalue weighted by Crippen LogP contribution is -2.43. The van der Waals surface area contributed by atoms with Crippen molar-refractivity contribution in [3.63, 3.8) is 0 Å². The zero-order chi connectivity index (χ0) is 108. The molecular weight excluding hydrogens is 2100 g/mol. The van der Waals surface area contributed by atoms with Gasteiger partial charge >= 0.3 is 18.5 Å². The Morgan fingerprint density at radius 2 is 0.640 bits per heavy atom. The van der Waals surface area contributed by atoms with Gasteiger partial charge in [-0.15, -0.1) is 0 Å². The SMILES string of the molecule is CC(C)c1ccc(-c2nc(C(C)(C)C)no2)cc1S(=O)(=O)N1CCC(F)(F)CC1.Cc1ccc(-c2nc(C3CCCCC3)no2)cc1S(=O)(=O)N1CCCCC1.Cc1ccc(-c2noc(C3CCCCC3)n2)cc1S(=O)(=O)N1CCCC1.O=S(=O)(c1cc(-c2nc(-c3ccccc3C(F)(F)F)no2)ccc1C(F)(F)F)N1CCC(F)(F)CC1.O=S(=O)(c1cc(-c2nc(C3CCCCC3)no2)ccc1C(F)(F)F)N1CCC(F)(F)CC1. The van der Waals surface area contributed by atoms with Gasteiger partial charge in [0.2, 0.25) is 67.7 Å². The van der Waals surface area contributed by atoms with Crippen LogP contribution in [-0.2, 0) is 74.1 Å². The van der Waals surface area contributed by atoms with Crippen LogP contribution < -0.4 is 0 Å². The molecule has 0 radical (unpaired) electrons. The molecule has 8 fully saturated rings. The van der Waals surface area contributed by atoms with E-state index >= 15 is 0 Å². The van der Waals surface area contributed by atoms with Crippen LogP contribution in [0.5, 0.6) is 0 Å². The van der Waals surface area contributed by atoms with Gasteiger partial charge in [-0.25, -0.2) is 68.4 Å². The van der Waals surface area contributed by atoms with Crippen molar-refractivity contribution in [2.75, 3.05) is 65.4 Å². The smallest absolute Gasteiger partial charge is 0.339 e. The van der Waals surface area contributed by atoms with E-state index < -0.39 is 195 Å². The Morgan fingerprint density at radius 1 is 0.320 bits per heavy atom. The van der Waals surface area contributed by atoms with Crippen LogP contribution in [0.2, 0.25) is 0 Å². The highest BCUT2D eigenvalue weighted by molar-refractivity contribution is 7.90. The number of hydrogen-bond donors (Lipinski definition) is 0. The van der Waals surface area contributed by atoms with Gasteiger partial charge in [-0.2, -0.15) is 86.0 Å². The number of nitrogens with zero attached hydrogens (tertiary/aromatic N) is 15. The first-order valence-electron chi connectivity index (χ1n) is 49.8. The maximum Gasteiger partial charge on any atom is 0.417 e. The van der Waals surface area contributed by atoms with E-state index in [9.17, 15) is 108 Å². The first-order valence-corrected chi connectivity index (χ1v) is 57.0. The second-order valence-electron chi connectivity index (χ2n) is 40.2. The Labute approximate surface area is 859 Å². The molecule has 150 heavy (non-hydrogen) atoms. The molecule has 8 aliphatic rings. The molecule has 11 aromatic rings. The molecule has 0 N–H and O–H groups in total. The van der Waals surface area contributed by atoms with Crippen LogP contribution in [0.1, 0.15) is 282 Å². The van der Waals surface area contributed by atoms with Gasteiger partial charge in [0.15, 0.2) is 17.5 Å². The zero-order valence-electron chi connectivity index (χ0n) is 83.3. The van der Waals surface area contributed by atoms with Crippen LogP contribution in [0, 0.1) is 13.8 Å². The molecule has 0 atom stereocenters. The van der Waals surface area contributed by atoms with Crippen LogP contribution in [-0.4, -0.2) is 198 Å². The Hall–Kier alpha value is -10.5. The maximum atomic E-state index is 13.6. The van der Waals surface area contributed by atoms with E-state index in [0.717, 1.165) is 148 Å². The summed E-state index contributed by atoms with van der Waals surface area (Å²) in [7, 11) is -20.5. The third kappa shape index (κ3) is 26.8. The fourth-order valence-electron chi connectivity index (χ4n) is 19.1. The van der Waals surface area contributed by atoms with Crippen molar-refractivity contribution < 1.29 is 131 Å². The summed E-state index contributed by atoms with van der Waals surface area (Å²) in [6.45, 7) is 12.7. The highest BCUT2D eigenvalue weighted by atomic mass is 32.2. The van der Waals surface area contributed by atoms with E-state index in [-0.39, 0.29) is 58.1 Å². The largest absolute Gasteiger partial charge is 0.417 e. The zero-order valence-corrected chi connectivity index (χ0v) is 87.4. The number of halogens is 15. The number of benzene rings is 6. The molecule has 0 spiro atoms. The predicted octanol–water partition coefficient (Wildman–Crippen LogP) is 23.8. The summed E-state index contributed by atoms with van der Waals surface area (Å²) in [6, 6.07) is 24.4. The van der Waals surface area contributed by atoms with Gasteiger partial charge in [0.25, 0.3) is 41.3 Å². The van der Waals surface area contributed by atoms with Crippen molar-refractivity contribution in [2.24, 2.45) is 0 Å².